The molecule has 4 rings (SSSR count). The normalized spacial score (nSPS) is 44.8. The molecule has 0 N–H and O–H groups in total. The number of carbonyl (C=O) groups excluding carboxylic acids is 1. The van der Waals surface area contributed by atoms with E-state index in [0.29, 0.717) is 25.0 Å². The van der Waals surface area contributed by atoms with Gasteiger partial charge in [0.2, 0.25) is 5.79 Å². The molecule has 2 aliphatic carbocycles. The van der Waals surface area contributed by atoms with E-state index in [0.717, 1.165) is 38.5 Å². The molecule has 0 aromatic heterocycles. The summed E-state index contributed by atoms with van der Waals surface area (Å²) in [5.74, 6) is -0.584. The Morgan fingerprint density at radius 3 is 2.58 bits per heavy atom. The van der Waals surface area contributed by atoms with E-state index in [1.165, 1.54) is 0 Å². The predicted octanol–water partition coefficient (Wildman–Crippen LogP) is 3.40. The van der Waals surface area contributed by atoms with Crippen LogP contribution in [0.4, 0.5) is 0 Å². The van der Waals surface area contributed by atoms with Gasteiger partial charge in [-0.25, -0.2) is 0 Å². The number of fused-ring (bicyclic) bond motifs is 1. The van der Waals surface area contributed by atoms with Crippen molar-refractivity contribution in [2.75, 3.05) is 13.2 Å². The van der Waals surface area contributed by atoms with Crippen molar-refractivity contribution >= 4 is 5.97 Å². The summed E-state index contributed by atoms with van der Waals surface area (Å²) >= 11 is 0. The molecule has 0 aromatic carbocycles. The zero-order valence-corrected chi connectivity index (χ0v) is 15.1. The second kappa shape index (κ2) is 5.68. The largest absolute Gasteiger partial charge is 0.433 e. The molecule has 24 heavy (non-hydrogen) atoms. The van der Waals surface area contributed by atoms with Crippen molar-refractivity contribution in [2.24, 2.45) is 17.8 Å². The van der Waals surface area contributed by atoms with E-state index >= 15 is 0 Å². The Labute approximate surface area is 144 Å². The molecular weight excluding hydrogens is 308 g/mol. The summed E-state index contributed by atoms with van der Waals surface area (Å²) in [5, 5.41) is 0. The number of carbonyl (C=O) groups is 1. The number of ether oxygens (including phenoxy) is 4. The molecule has 0 amide bonds. The first kappa shape index (κ1) is 16.8. The quantitative estimate of drug-likeness (QED) is 0.686. The molecule has 2 saturated heterocycles. The zero-order chi connectivity index (χ0) is 17.0. The Kier molecular flexibility index (Phi) is 3.98. The number of hydrogen-bond acceptors (Lipinski definition) is 5. The maximum atomic E-state index is 12.7. The lowest BCUT2D eigenvalue weighted by Crippen LogP contribution is -2.66. The van der Waals surface area contributed by atoms with E-state index in [4.69, 9.17) is 18.9 Å². The van der Waals surface area contributed by atoms with Crippen molar-refractivity contribution < 1.29 is 23.7 Å². The van der Waals surface area contributed by atoms with Crippen molar-refractivity contribution in [2.45, 2.75) is 82.9 Å². The number of esters is 1. The van der Waals surface area contributed by atoms with E-state index in [1.807, 2.05) is 0 Å². The Balaban J connectivity index is 1.73. The van der Waals surface area contributed by atoms with Crippen LogP contribution in [-0.2, 0) is 23.7 Å². The highest BCUT2D eigenvalue weighted by Gasteiger charge is 2.68. The summed E-state index contributed by atoms with van der Waals surface area (Å²) in [6, 6.07) is 0. The molecule has 2 saturated carbocycles. The van der Waals surface area contributed by atoms with Crippen LogP contribution >= 0.6 is 0 Å². The molecule has 0 aromatic rings. The van der Waals surface area contributed by atoms with E-state index in [-0.39, 0.29) is 18.3 Å². The van der Waals surface area contributed by atoms with Crippen molar-refractivity contribution in [1.82, 2.24) is 0 Å². The molecule has 5 nitrogen and oxygen atoms in total. The lowest BCUT2D eigenvalue weighted by molar-refractivity contribution is -0.390. The summed E-state index contributed by atoms with van der Waals surface area (Å²) < 4.78 is 24.9. The SMILES string of the molecule is CC(C)[C@@H]1CC[C@@H](C)C[C@@]12OC(=O)CC1(CCCC13OCCO3)O2. The minimum Gasteiger partial charge on any atom is -0.433 e. The molecule has 2 heterocycles. The van der Waals surface area contributed by atoms with Crippen LogP contribution in [0.5, 0.6) is 0 Å². The highest BCUT2D eigenvalue weighted by atomic mass is 16.8. The van der Waals surface area contributed by atoms with E-state index in [2.05, 4.69) is 20.8 Å². The molecule has 4 aliphatic rings. The van der Waals surface area contributed by atoms with Gasteiger partial charge in [-0.15, -0.1) is 0 Å². The summed E-state index contributed by atoms with van der Waals surface area (Å²) in [5.41, 5.74) is -0.678. The maximum Gasteiger partial charge on any atom is 0.311 e. The standard InChI is InChI=1S/C19H30O5/c1-13(2)15-6-5-14(3)11-18(15)23-16(20)12-17(24-18)7-4-8-19(17)21-9-10-22-19/h13-15H,4-12H2,1-3H3/t14-,15+,17?,18+/m1/s1. The van der Waals surface area contributed by atoms with E-state index in [9.17, 15) is 4.79 Å². The summed E-state index contributed by atoms with van der Waals surface area (Å²) in [4.78, 5) is 12.7. The van der Waals surface area contributed by atoms with Crippen LogP contribution < -0.4 is 0 Å². The number of hydrogen-bond donors (Lipinski definition) is 0. The molecular formula is C19H30O5. The predicted molar refractivity (Wildman–Crippen MR) is 87.1 cm³/mol. The lowest BCUT2D eigenvalue weighted by Gasteiger charge is -2.55. The summed E-state index contributed by atoms with van der Waals surface area (Å²) in [6.07, 6.45) is 5.80. The Hall–Kier alpha value is -0.650. The van der Waals surface area contributed by atoms with Crippen molar-refractivity contribution in [3.8, 4) is 0 Å². The van der Waals surface area contributed by atoms with Gasteiger partial charge in [-0.05, 0) is 37.5 Å². The van der Waals surface area contributed by atoms with Crippen LogP contribution in [0, 0.1) is 17.8 Å². The first-order valence-corrected chi connectivity index (χ1v) is 9.60. The number of rotatable bonds is 1. The van der Waals surface area contributed by atoms with Crippen molar-refractivity contribution in [1.29, 1.82) is 0 Å². The smallest absolute Gasteiger partial charge is 0.311 e. The van der Waals surface area contributed by atoms with Gasteiger partial charge in [0.1, 0.15) is 5.60 Å². The highest BCUT2D eigenvalue weighted by molar-refractivity contribution is 5.72. The molecule has 5 heteroatoms. The summed E-state index contributed by atoms with van der Waals surface area (Å²) in [6.45, 7) is 7.79. The topological polar surface area (TPSA) is 54.0 Å². The minimum atomic E-state index is -0.812. The zero-order valence-electron chi connectivity index (χ0n) is 15.1. The molecule has 0 bridgehead atoms. The summed E-state index contributed by atoms with van der Waals surface area (Å²) in [7, 11) is 0. The van der Waals surface area contributed by atoms with Crippen LogP contribution in [0.15, 0.2) is 0 Å². The fourth-order valence-corrected chi connectivity index (χ4v) is 5.59. The molecule has 0 radical (unpaired) electrons. The van der Waals surface area contributed by atoms with Crippen LogP contribution in [-0.4, -0.2) is 36.4 Å². The van der Waals surface area contributed by atoms with Crippen LogP contribution in [0.3, 0.4) is 0 Å². The van der Waals surface area contributed by atoms with Crippen molar-refractivity contribution in [3.05, 3.63) is 0 Å². The molecule has 2 aliphatic heterocycles. The molecule has 1 unspecified atom stereocenters. The monoisotopic (exact) mass is 338 g/mol. The van der Waals surface area contributed by atoms with Gasteiger partial charge in [0.15, 0.2) is 5.79 Å². The minimum absolute atomic E-state index is 0.152. The van der Waals surface area contributed by atoms with Gasteiger partial charge in [0.25, 0.3) is 0 Å². The van der Waals surface area contributed by atoms with Crippen LogP contribution in [0.25, 0.3) is 0 Å². The Bertz CT molecular complexity index is 506. The van der Waals surface area contributed by atoms with Gasteiger partial charge in [-0.2, -0.15) is 0 Å². The van der Waals surface area contributed by atoms with Crippen molar-refractivity contribution in [3.63, 3.8) is 0 Å². The average Bonchev–Trinajstić information content (AvgIpc) is 3.07. The first-order valence-electron chi connectivity index (χ1n) is 9.60. The van der Waals surface area contributed by atoms with Gasteiger partial charge in [-0.3, -0.25) is 4.79 Å². The second-order valence-electron chi connectivity index (χ2n) is 8.60. The highest BCUT2D eigenvalue weighted by Crippen LogP contribution is 2.57. The fraction of sp³-hybridized carbons (Fsp3) is 0.947. The van der Waals surface area contributed by atoms with Gasteiger partial charge < -0.3 is 18.9 Å². The Morgan fingerprint density at radius 1 is 1.12 bits per heavy atom. The third kappa shape index (κ3) is 2.35. The maximum absolute atomic E-state index is 12.7. The molecule has 4 fully saturated rings. The average molecular weight is 338 g/mol. The van der Waals surface area contributed by atoms with E-state index in [1.54, 1.807) is 0 Å². The third-order valence-corrected chi connectivity index (χ3v) is 6.59. The molecule has 4 atom stereocenters. The third-order valence-electron chi connectivity index (χ3n) is 6.59. The van der Waals surface area contributed by atoms with Gasteiger partial charge >= 0.3 is 5.97 Å². The molecule has 3 spiro atoms. The van der Waals surface area contributed by atoms with Gasteiger partial charge in [0, 0.05) is 18.8 Å². The van der Waals surface area contributed by atoms with Crippen LogP contribution in [0.1, 0.15) is 65.7 Å². The lowest BCUT2D eigenvalue weighted by atomic mass is 9.71. The van der Waals surface area contributed by atoms with Gasteiger partial charge in [-0.1, -0.05) is 20.8 Å². The first-order chi connectivity index (χ1) is 11.4. The van der Waals surface area contributed by atoms with E-state index < -0.39 is 17.2 Å². The Morgan fingerprint density at radius 2 is 1.88 bits per heavy atom. The van der Waals surface area contributed by atoms with Crippen LogP contribution in [0.2, 0.25) is 0 Å². The fourth-order valence-electron chi connectivity index (χ4n) is 5.59. The second-order valence-corrected chi connectivity index (χ2v) is 8.60. The molecule has 136 valence electrons. The van der Waals surface area contributed by atoms with Gasteiger partial charge in [0.05, 0.1) is 19.6 Å².